The highest BCUT2D eigenvalue weighted by Crippen LogP contribution is 2.28. The van der Waals surface area contributed by atoms with Crippen molar-refractivity contribution in [2.75, 3.05) is 25.5 Å². The van der Waals surface area contributed by atoms with Crippen molar-refractivity contribution in [1.82, 2.24) is 5.32 Å². The van der Waals surface area contributed by atoms with Crippen LogP contribution in [0.2, 0.25) is 0 Å². The Labute approximate surface area is 101 Å². The molecule has 1 aromatic carbocycles. The summed E-state index contributed by atoms with van der Waals surface area (Å²) in [5, 5.41) is 6.01. The average Bonchev–Trinajstić information content (AvgIpc) is 2.20. The van der Waals surface area contributed by atoms with Crippen molar-refractivity contribution in [3.8, 4) is 5.75 Å². The van der Waals surface area contributed by atoms with Crippen molar-refractivity contribution in [1.29, 1.82) is 0 Å². The molecule has 0 saturated carbocycles. The van der Waals surface area contributed by atoms with Gasteiger partial charge in [-0.2, -0.15) is 0 Å². The maximum atomic E-state index is 11.9. The Morgan fingerprint density at radius 1 is 1.35 bits per heavy atom. The van der Waals surface area contributed by atoms with E-state index < -0.39 is 0 Å². The van der Waals surface area contributed by atoms with E-state index in [1.165, 1.54) is 0 Å². The molecule has 0 atom stereocenters. The van der Waals surface area contributed by atoms with Crippen LogP contribution in [0.5, 0.6) is 5.75 Å². The number of ether oxygens (including phenoxy) is 1. The summed E-state index contributed by atoms with van der Waals surface area (Å²) >= 11 is 0. The van der Waals surface area contributed by atoms with E-state index in [2.05, 4.69) is 10.6 Å². The summed E-state index contributed by atoms with van der Waals surface area (Å²) < 4.78 is 5.28. The molecule has 0 aromatic heterocycles. The van der Waals surface area contributed by atoms with E-state index >= 15 is 0 Å². The molecule has 4 heteroatoms. The average molecular weight is 234 g/mol. The molecule has 1 aliphatic heterocycles. The van der Waals surface area contributed by atoms with Crippen LogP contribution in [0, 0.1) is 19.8 Å². The second kappa shape index (κ2) is 4.75. The van der Waals surface area contributed by atoms with Crippen molar-refractivity contribution >= 4 is 11.6 Å². The predicted octanol–water partition coefficient (Wildman–Crippen LogP) is 1.47. The lowest BCUT2D eigenvalue weighted by molar-refractivity contribution is -0.121. The summed E-state index contributed by atoms with van der Waals surface area (Å²) in [6, 6.07) is 3.90. The van der Waals surface area contributed by atoms with Crippen LogP contribution in [-0.4, -0.2) is 26.1 Å². The molecule has 1 heterocycles. The summed E-state index contributed by atoms with van der Waals surface area (Å²) in [5.74, 6) is 0.861. The molecule has 17 heavy (non-hydrogen) atoms. The topological polar surface area (TPSA) is 50.4 Å². The van der Waals surface area contributed by atoms with E-state index in [0.29, 0.717) is 5.75 Å². The van der Waals surface area contributed by atoms with Crippen molar-refractivity contribution < 1.29 is 9.53 Å². The third-order valence-electron chi connectivity index (χ3n) is 3.23. The van der Waals surface area contributed by atoms with Crippen LogP contribution in [0.25, 0.3) is 0 Å². The maximum Gasteiger partial charge on any atom is 0.230 e. The third-order valence-corrected chi connectivity index (χ3v) is 3.23. The minimum Gasteiger partial charge on any atom is -0.495 e. The summed E-state index contributed by atoms with van der Waals surface area (Å²) in [7, 11) is 1.62. The van der Waals surface area contributed by atoms with Crippen LogP contribution in [0.3, 0.4) is 0 Å². The van der Waals surface area contributed by atoms with Gasteiger partial charge >= 0.3 is 0 Å². The van der Waals surface area contributed by atoms with E-state index in [4.69, 9.17) is 4.74 Å². The van der Waals surface area contributed by atoms with E-state index in [-0.39, 0.29) is 11.8 Å². The Bertz CT molecular complexity index is 439. The van der Waals surface area contributed by atoms with Gasteiger partial charge in [0.1, 0.15) is 5.75 Å². The fourth-order valence-corrected chi connectivity index (χ4v) is 1.77. The van der Waals surface area contributed by atoms with Gasteiger partial charge in [-0.05, 0) is 37.1 Å². The zero-order valence-corrected chi connectivity index (χ0v) is 10.5. The molecule has 0 unspecified atom stereocenters. The standard InChI is InChI=1S/C13H18N2O2/c1-8-4-11(12(17-3)5-9(8)2)15-13(16)10-6-14-7-10/h4-5,10,14H,6-7H2,1-3H3,(H,15,16). The normalized spacial score (nSPS) is 15.2. The van der Waals surface area contributed by atoms with Gasteiger partial charge in [0, 0.05) is 13.1 Å². The molecule has 2 rings (SSSR count). The predicted molar refractivity (Wildman–Crippen MR) is 67.5 cm³/mol. The second-order valence-electron chi connectivity index (χ2n) is 4.48. The summed E-state index contributed by atoms with van der Waals surface area (Å²) in [6.07, 6.45) is 0. The Balaban J connectivity index is 2.18. The molecule has 0 bridgehead atoms. The summed E-state index contributed by atoms with van der Waals surface area (Å²) in [4.78, 5) is 11.9. The lowest BCUT2D eigenvalue weighted by Gasteiger charge is -2.26. The van der Waals surface area contributed by atoms with Gasteiger partial charge in [0.15, 0.2) is 0 Å². The van der Waals surface area contributed by atoms with Crippen LogP contribution in [0.4, 0.5) is 5.69 Å². The highest BCUT2D eigenvalue weighted by atomic mass is 16.5. The number of carbonyl (C=O) groups is 1. The van der Waals surface area contributed by atoms with Crippen LogP contribution in [-0.2, 0) is 4.79 Å². The molecule has 1 fully saturated rings. The zero-order valence-electron chi connectivity index (χ0n) is 10.5. The van der Waals surface area contributed by atoms with Crippen molar-refractivity contribution in [2.45, 2.75) is 13.8 Å². The molecule has 0 radical (unpaired) electrons. The number of amides is 1. The van der Waals surface area contributed by atoms with Gasteiger partial charge in [0.2, 0.25) is 5.91 Å². The largest absolute Gasteiger partial charge is 0.495 e. The molecule has 1 amide bonds. The van der Waals surface area contributed by atoms with Crippen molar-refractivity contribution in [3.63, 3.8) is 0 Å². The van der Waals surface area contributed by atoms with Gasteiger partial charge < -0.3 is 15.4 Å². The van der Waals surface area contributed by atoms with Gasteiger partial charge in [-0.25, -0.2) is 0 Å². The maximum absolute atomic E-state index is 11.9. The molecule has 0 spiro atoms. The number of hydrogen-bond donors (Lipinski definition) is 2. The summed E-state index contributed by atoms with van der Waals surface area (Å²) in [5.41, 5.74) is 3.06. The lowest BCUT2D eigenvalue weighted by atomic mass is 10.0. The van der Waals surface area contributed by atoms with Gasteiger partial charge in [-0.1, -0.05) is 0 Å². The van der Waals surface area contributed by atoms with Crippen LogP contribution in [0.15, 0.2) is 12.1 Å². The van der Waals surface area contributed by atoms with Gasteiger partial charge in [-0.3, -0.25) is 4.79 Å². The Hall–Kier alpha value is -1.55. The molecule has 0 aliphatic carbocycles. The first kappa shape index (κ1) is 11.9. The van der Waals surface area contributed by atoms with Crippen LogP contribution in [0.1, 0.15) is 11.1 Å². The van der Waals surface area contributed by atoms with E-state index in [1.807, 2.05) is 26.0 Å². The quantitative estimate of drug-likeness (QED) is 0.832. The van der Waals surface area contributed by atoms with E-state index in [9.17, 15) is 4.79 Å². The number of nitrogens with one attached hydrogen (secondary N) is 2. The fourth-order valence-electron chi connectivity index (χ4n) is 1.77. The number of rotatable bonds is 3. The number of aryl methyl sites for hydroxylation is 2. The molecule has 1 saturated heterocycles. The smallest absolute Gasteiger partial charge is 0.230 e. The summed E-state index contributed by atoms with van der Waals surface area (Å²) in [6.45, 7) is 5.58. The first-order chi connectivity index (χ1) is 8.11. The lowest BCUT2D eigenvalue weighted by Crippen LogP contribution is -2.48. The molecule has 1 aromatic rings. The van der Waals surface area contributed by atoms with E-state index in [1.54, 1.807) is 7.11 Å². The molecule has 92 valence electrons. The van der Waals surface area contributed by atoms with Gasteiger partial charge in [-0.15, -0.1) is 0 Å². The van der Waals surface area contributed by atoms with E-state index in [0.717, 1.165) is 29.9 Å². The molecule has 4 nitrogen and oxygen atoms in total. The Kier molecular flexibility index (Phi) is 3.33. The molecule has 1 aliphatic rings. The SMILES string of the molecule is COc1cc(C)c(C)cc1NC(=O)C1CNC1. The zero-order chi connectivity index (χ0) is 12.4. The monoisotopic (exact) mass is 234 g/mol. The number of methoxy groups -OCH3 is 1. The number of benzene rings is 1. The van der Waals surface area contributed by atoms with Crippen LogP contribution < -0.4 is 15.4 Å². The van der Waals surface area contributed by atoms with Gasteiger partial charge in [0.05, 0.1) is 18.7 Å². The van der Waals surface area contributed by atoms with Crippen molar-refractivity contribution in [2.24, 2.45) is 5.92 Å². The minimum absolute atomic E-state index is 0.0605. The van der Waals surface area contributed by atoms with Crippen molar-refractivity contribution in [3.05, 3.63) is 23.3 Å². The highest BCUT2D eigenvalue weighted by Gasteiger charge is 2.25. The second-order valence-corrected chi connectivity index (χ2v) is 4.48. The number of anilines is 1. The fraction of sp³-hybridized carbons (Fsp3) is 0.462. The first-order valence-electron chi connectivity index (χ1n) is 5.78. The highest BCUT2D eigenvalue weighted by molar-refractivity contribution is 5.95. The third kappa shape index (κ3) is 2.42. The molecule has 2 N–H and O–H groups in total. The molecular formula is C13H18N2O2. The van der Waals surface area contributed by atoms with Gasteiger partial charge in [0.25, 0.3) is 0 Å². The molecular weight excluding hydrogens is 216 g/mol. The Morgan fingerprint density at radius 3 is 2.53 bits per heavy atom. The minimum atomic E-state index is 0.0605. The number of hydrogen-bond acceptors (Lipinski definition) is 3. The number of carbonyl (C=O) groups excluding carboxylic acids is 1. The first-order valence-corrected chi connectivity index (χ1v) is 5.78. The van der Waals surface area contributed by atoms with Crippen LogP contribution >= 0.6 is 0 Å². The Morgan fingerprint density at radius 2 is 2.00 bits per heavy atom.